The topological polar surface area (TPSA) is 24.7 Å². The van der Waals surface area contributed by atoms with Crippen LogP contribution in [0.1, 0.15) is 22.3 Å². The normalized spacial score (nSPS) is 14.0. The molecule has 2 heterocycles. The molecule has 8 aromatic carbocycles. The SMILES string of the molecule is c1ccc2c(c1)ccc1cc(C3=Nc4cc5cc6c(cc5cc4C3)N=C(c3ccc4c(ccc5ccccc54)c3)C6)ccc12. The summed E-state index contributed by atoms with van der Waals surface area (Å²) < 4.78 is 0. The zero-order valence-electron chi connectivity index (χ0n) is 24.0. The molecule has 0 aliphatic carbocycles. The monoisotopic (exact) mass is 558 g/mol. The van der Waals surface area contributed by atoms with Crippen molar-refractivity contribution in [2.45, 2.75) is 12.8 Å². The van der Waals surface area contributed by atoms with E-state index in [-0.39, 0.29) is 0 Å². The fourth-order valence-corrected chi connectivity index (χ4v) is 7.36. The van der Waals surface area contributed by atoms with Gasteiger partial charge in [-0.05, 0) is 113 Å². The third kappa shape index (κ3) is 3.61. The van der Waals surface area contributed by atoms with Gasteiger partial charge in [-0.25, -0.2) is 0 Å². The summed E-state index contributed by atoms with van der Waals surface area (Å²) in [6, 6.07) is 48.9. The van der Waals surface area contributed by atoms with Crippen LogP contribution in [0.3, 0.4) is 0 Å². The van der Waals surface area contributed by atoms with E-state index in [1.807, 2.05) is 0 Å². The van der Waals surface area contributed by atoms with Crippen molar-refractivity contribution in [1.82, 2.24) is 0 Å². The number of hydrogen-bond donors (Lipinski definition) is 0. The number of nitrogens with zero attached hydrogens (tertiary/aromatic N) is 2. The van der Waals surface area contributed by atoms with Gasteiger partial charge in [0.1, 0.15) is 0 Å². The number of benzene rings is 8. The van der Waals surface area contributed by atoms with E-state index in [9.17, 15) is 0 Å². The van der Waals surface area contributed by atoms with Gasteiger partial charge in [0.05, 0.1) is 22.8 Å². The molecule has 0 spiro atoms. The maximum Gasteiger partial charge on any atom is 0.0675 e. The lowest BCUT2D eigenvalue weighted by Crippen LogP contribution is -2.00. The van der Waals surface area contributed by atoms with E-state index in [1.54, 1.807) is 0 Å². The van der Waals surface area contributed by atoms with Crippen LogP contribution in [-0.4, -0.2) is 11.4 Å². The molecule has 2 aliphatic rings. The molecule has 44 heavy (non-hydrogen) atoms. The van der Waals surface area contributed by atoms with Gasteiger partial charge in [-0.1, -0.05) is 97.1 Å². The summed E-state index contributed by atoms with van der Waals surface area (Å²) in [6.07, 6.45) is 1.70. The Morgan fingerprint density at radius 2 is 0.773 bits per heavy atom. The minimum Gasteiger partial charge on any atom is -0.252 e. The van der Waals surface area contributed by atoms with E-state index in [0.717, 1.165) is 35.6 Å². The van der Waals surface area contributed by atoms with Gasteiger partial charge in [-0.15, -0.1) is 0 Å². The highest BCUT2D eigenvalue weighted by molar-refractivity contribution is 6.15. The summed E-state index contributed by atoms with van der Waals surface area (Å²) in [6.45, 7) is 0. The summed E-state index contributed by atoms with van der Waals surface area (Å²) >= 11 is 0. The average molecular weight is 559 g/mol. The number of aliphatic imine (C=N–C) groups is 2. The van der Waals surface area contributed by atoms with Crippen molar-refractivity contribution in [2.75, 3.05) is 0 Å². The summed E-state index contributed by atoms with van der Waals surface area (Å²) in [7, 11) is 0. The highest BCUT2D eigenvalue weighted by atomic mass is 14.8. The van der Waals surface area contributed by atoms with E-state index < -0.39 is 0 Å². The number of hydrogen-bond acceptors (Lipinski definition) is 2. The van der Waals surface area contributed by atoms with Crippen LogP contribution in [0.2, 0.25) is 0 Å². The molecule has 8 aromatic rings. The minimum absolute atomic E-state index is 0.849. The first kappa shape index (κ1) is 23.9. The molecular formula is C42H26N2. The standard InChI is InChI=1S/C42H26N2/c1-3-7-35-25(5-1)9-11-27-17-29(13-15-37(27)35)39-23-33-19-31-22-42-34(20-32(31)21-41(33)43-39)24-40(44-42)30-14-16-38-28(18-30)12-10-26-6-2-4-8-36(26)38/h1-22H,23-24H2. The van der Waals surface area contributed by atoms with Gasteiger partial charge >= 0.3 is 0 Å². The minimum atomic E-state index is 0.849. The summed E-state index contributed by atoms with van der Waals surface area (Å²) in [5.41, 5.74) is 9.44. The number of fused-ring (bicyclic) bond motifs is 9. The van der Waals surface area contributed by atoms with Crippen molar-refractivity contribution in [3.8, 4) is 0 Å². The van der Waals surface area contributed by atoms with Gasteiger partial charge in [0.15, 0.2) is 0 Å². The second-order valence-electron chi connectivity index (χ2n) is 12.2. The molecule has 0 amide bonds. The molecular weight excluding hydrogens is 532 g/mol. The molecule has 10 rings (SSSR count). The van der Waals surface area contributed by atoms with Crippen LogP contribution in [0, 0.1) is 0 Å². The summed E-state index contributed by atoms with van der Waals surface area (Å²) in [5.74, 6) is 0. The smallest absolute Gasteiger partial charge is 0.0675 e. The Labute approximate surface area is 254 Å². The van der Waals surface area contributed by atoms with E-state index >= 15 is 0 Å². The highest BCUT2D eigenvalue weighted by Crippen LogP contribution is 2.39. The second kappa shape index (κ2) is 8.95. The summed E-state index contributed by atoms with van der Waals surface area (Å²) in [5, 5.41) is 12.7. The van der Waals surface area contributed by atoms with Crippen molar-refractivity contribution < 1.29 is 0 Å². The van der Waals surface area contributed by atoms with Gasteiger partial charge in [-0.3, -0.25) is 9.98 Å². The predicted molar refractivity (Wildman–Crippen MR) is 187 cm³/mol. The third-order valence-electron chi connectivity index (χ3n) is 9.62. The second-order valence-corrected chi connectivity index (χ2v) is 12.2. The fourth-order valence-electron chi connectivity index (χ4n) is 7.36. The molecule has 0 N–H and O–H groups in total. The first-order valence-corrected chi connectivity index (χ1v) is 15.3. The van der Waals surface area contributed by atoms with Crippen LogP contribution in [0.4, 0.5) is 11.4 Å². The fraction of sp³-hybridized carbons (Fsp3) is 0.0476. The zero-order chi connectivity index (χ0) is 28.8. The lowest BCUT2D eigenvalue weighted by molar-refractivity contribution is 1.39. The molecule has 204 valence electrons. The largest absolute Gasteiger partial charge is 0.252 e. The Bertz CT molecular complexity index is 2420. The van der Waals surface area contributed by atoms with Crippen LogP contribution < -0.4 is 0 Å². The van der Waals surface area contributed by atoms with Gasteiger partial charge in [0, 0.05) is 12.8 Å². The molecule has 2 nitrogen and oxygen atoms in total. The van der Waals surface area contributed by atoms with Gasteiger partial charge in [0.25, 0.3) is 0 Å². The van der Waals surface area contributed by atoms with E-state index in [4.69, 9.17) is 9.98 Å². The average Bonchev–Trinajstić information content (AvgIpc) is 3.69. The van der Waals surface area contributed by atoms with Crippen LogP contribution in [0.25, 0.3) is 53.9 Å². The van der Waals surface area contributed by atoms with Crippen LogP contribution in [0.5, 0.6) is 0 Å². The Morgan fingerprint density at radius 3 is 1.27 bits per heavy atom. The third-order valence-corrected chi connectivity index (χ3v) is 9.62. The molecule has 0 unspecified atom stereocenters. The molecule has 0 saturated carbocycles. The van der Waals surface area contributed by atoms with E-state index in [2.05, 4.69) is 133 Å². The van der Waals surface area contributed by atoms with Gasteiger partial charge in [-0.2, -0.15) is 0 Å². The molecule has 0 aromatic heterocycles. The molecule has 2 aliphatic heterocycles. The quantitative estimate of drug-likeness (QED) is 0.189. The Morgan fingerprint density at radius 1 is 0.341 bits per heavy atom. The van der Waals surface area contributed by atoms with E-state index in [0.29, 0.717) is 0 Å². The maximum atomic E-state index is 5.14. The Balaban J connectivity index is 0.975. The zero-order valence-corrected chi connectivity index (χ0v) is 24.0. The van der Waals surface area contributed by atoms with Gasteiger partial charge in [0.2, 0.25) is 0 Å². The first-order chi connectivity index (χ1) is 21.7. The van der Waals surface area contributed by atoms with E-state index in [1.165, 1.54) is 76.1 Å². The van der Waals surface area contributed by atoms with Crippen molar-refractivity contribution in [3.05, 3.63) is 156 Å². The van der Waals surface area contributed by atoms with Crippen LogP contribution in [-0.2, 0) is 12.8 Å². The molecule has 0 atom stereocenters. The molecule has 2 heteroatoms. The van der Waals surface area contributed by atoms with Crippen LogP contribution >= 0.6 is 0 Å². The lowest BCUT2D eigenvalue weighted by Gasteiger charge is -2.07. The first-order valence-electron chi connectivity index (χ1n) is 15.3. The maximum absolute atomic E-state index is 5.14. The van der Waals surface area contributed by atoms with Crippen molar-refractivity contribution in [3.63, 3.8) is 0 Å². The van der Waals surface area contributed by atoms with Gasteiger partial charge < -0.3 is 0 Å². The molecule has 0 fully saturated rings. The van der Waals surface area contributed by atoms with Crippen molar-refractivity contribution >= 4 is 76.7 Å². The van der Waals surface area contributed by atoms with Crippen molar-refractivity contribution in [1.29, 1.82) is 0 Å². The van der Waals surface area contributed by atoms with Crippen molar-refractivity contribution in [2.24, 2.45) is 9.98 Å². The number of rotatable bonds is 2. The predicted octanol–water partition coefficient (Wildman–Crippen LogP) is 10.8. The molecule has 0 bridgehead atoms. The lowest BCUT2D eigenvalue weighted by atomic mass is 9.95. The molecule has 0 saturated heterocycles. The highest BCUT2D eigenvalue weighted by Gasteiger charge is 2.21. The Kier molecular flexibility index (Phi) is 4.86. The molecule has 0 radical (unpaired) electrons. The van der Waals surface area contributed by atoms with Crippen LogP contribution in [0.15, 0.2) is 143 Å². The Hall–Kier alpha value is -5.60. The summed E-state index contributed by atoms with van der Waals surface area (Å²) in [4.78, 5) is 10.3.